The van der Waals surface area contributed by atoms with Crippen LogP contribution in [0, 0.1) is 13.8 Å². The van der Waals surface area contributed by atoms with Crippen molar-refractivity contribution in [3.8, 4) is 5.88 Å². The van der Waals surface area contributed by atoms with Crippen LogP contribution in [0.5, 0.6) is 5.88 Å². The second kappa shape index (κ2) is 10.8. The van der Waals surface area contributed by atoms with Gasteiger partial charge in [-0.05, 0) is 68.5 Å². The van der Waals surface area contributed by atoms with E-state index in [1.54, 1.807) is 23.9 Å². The molecular formula is C26H34N6O3. The fraction of sp³-hybridized carbons (Fsp3) is 0.462. The van der Waals surface area contributed by atoms with E-state index >= 15 is 0 Å². The number of aromatic nitrogens is 3. The maximum atomic E-state index is 12.7. The summed E-state index contributed by atoms with van der Waals surface area (Å²) in [6, 6.07) is 7.17. The minimum Gasteiger partial charge on any atom is -0.479 e. The number of fused-ring (bicyclic) bond motifs is 1. The summed E-state index contributed by atoms with van der Waals surface area (Å²) >= 11 is 0. The predicted octanol–water partition coefficient (Wildman–Crippen LogP) is 4.57. The molecule has 1 aliphatic heterocycles. The highest BCUT2D eigenvalue weighted by molar-refractivity contribution is 5.93. The number of aryl methyl sites for hydroxylation is 3. The highest BCUT2D eigenvalue weighted by atomic mass is 16.5. The number of carbonyl (C=O) groups is 2. The number of amides is 3. The minimum absolute atomic E-state index is 0.0646. The van der Waals surface area contributed by atoms with E-state index in [0.29, 0.717) is 30.1 Å². The smallest absolute Gasteiger partial charge is 0.321 e. The maximum Gasteiger partial charge on any atom is 0.321 e. The van der Waals surface area contributed by atoms with Gasteiger partial charge in [-0.1, -0.05) is 12.8 Å². The quantitative estimate of drug-likeness (QED) is 0.540. The first-order chi connectivity index (χ1) is 16.9. The zero-order valence-corrected chi connectivity index (χ0v) is 21.0. The van der Waals surface area contributed by atoms with E-state index in [1.165, 1.54) is 12.8 Å². The predicted molar refractivity (Wildman–Crippen MR) is 137 cm³/mol. The average molecular weight is 479 g/mol. The van der Waals surface area contributed by atoms with Crippen molar-refractivity contribution < 1.29 is 14.3 Å². The van der Waals surface area contributed by atoms with Crippen molar-refractivity contribution in [2.75, 3.05) is 30.8 Å². The summed E-state index contributed by atoms with van der Waals surface area (Å²) in [4.78, 5) is 31.7. The van der Waals surface area contributed by atoms with Crippen LogP contribution in [-0.4, -0.2) is 51.8 Å². The molecule has 0 spiro atoms. The normalized spacial score (nSPS) is 14.0. The lowest BCUT2D eigenvalue weighted by Crippen LogP contribution is -2.35. The van der Waals surface area contributed by atoms with Crippen molar-refractivity contribution in [2.24, 2.45) is 7.05 Å². The second-order valence-electron chi connectivity index (χ2n) is 9.09. The number of nitrogens with one attached hydrogen (secondary N) is 2. The zero-order chi connectivity index (χ0) is 24.9. The van der Waals surface area contributed by atoms with Crippen molar-refractivity contribution in [2.45, 2.75) is 52.4 Å². The molecule has 1 saturated heterocycles. The largest absolute Gasteiger partial charge is 0.479 e. The van der Waals surface area contributed by atoms with Crippen LogP contribution in [0.1, 0.15) is 48.9 Å². The van der Waals surface area contributed by atoms with Gasteiger partial charge in [-0.3, -0.25) is 4.79 Å². The topological polar surface area (TPSA) is 101 Å². The van der Waals surface area contributed by atoms with Crippen molar-refractivity contribution in [1.82, 2.24) is 19.7 Å². The number of hydrogen-bond donors (Lipinski definition) is 2. The SMILES string of the molecule is COc1nn(C)c2nc(C)c(CCC(=O)Nc3ccc(NC(=O)N4CCCCCC4)cc3)c(C)c12. The summed E-state index contributed by atoms with van der Waals surface area (Å²) in [5, 5.41) is 11.2. The molecule has 1 fully saturated rings. The van der Waals surface area contributed by atoms with Gasteiger partial charge in [-0.25, -0.2) is 14.5 Å². The van der Waals surface area contributed by atoms with Crippen LogP contribution in [0.25, 0.3) is 11.0 Å². The van der Waals surface area contributed by atoms with E-state index in [4.69, 9.17) is 4.74 Å². The lowest BCUT2D eigenvalue weighted by molar-refractivity contribution is -0.116. The molecule has 2 aromatic heterocycles. The van der Waals surface area contributed by atoms with Gasteiger partial charge in [-0.2, -0.15) is 0 Å². The molecule has 0 saturated carbocycles. The molecule has 3 amide bonds. The Morgan fingerprint density at radius 2 is 1.63 bits per heavy atom. The summed E-state index contributed by atoms with van der Waals surface area (Å²) in [5.41, 5.74) is 5.14. The monoisotopic (exact) mass is 478 g/mol. The van der Waals surface area contributed by atoms with Gasteiger partial charge in [0.2, 0.25) is 11.8 Å². The molecule has 0 unspecified atom stereocenters. The van der Waals surface area contributed by atoms with Gasteiger partial charge in [-0.15, -0.1) is 5.10 Å². The highest BCUT2D eigenvalue weighted by Crippen LogP contribution is 2.30. The Morgan fingerprint density at radius 3 is 2.26 bits per heavy atom. The van der Waals surface area contributed by atoms with Crippen LogP contribution in [0.2, 0.25) is 0 Å². The number of rotatable bonds is 6. The number of methoxy groups -OCH3 is 1. The summed E-state index contributed by atoms with van der Waals surface area (Å²) in [6.07, 6.45) is 5.35. The van der Waals surface area contributed by atoms with Crippen LogP contribution in [0.3, 0.4) is 0 Å². The standard InChI is InChI=1S/C26H34N6O3/c1-17-21(18(2)27-24-23(17)25(35-4)30-31(24)3)13-14-22(33)28-19-9-11-20(12-10-19)29-26(34)32-15-7-5-6-8-16-32/h9-12H,5-8,13-16H2,1-4H3,(H,28,33)(H,29,34). The van der Waals surface area contributed by atoms with Crippen LogP contribution in [0.15, 0.2) is 24.3 Å². The lowest BCUT2D eigenvalue weighted by Gasteiger charge is -2.20. The molecule has 9 nitrogen and oxygen atoms in total. The van der Waals surface area contributed by atoms with Gasteiger partial charge < -0.3 is 20.3 Å². The molecule has 4 rings (SSSR count). The van der Waals surface area contributed by atoms with E-state index in [-0.39, 0.29) is 11.9 Å². The highest BCUT2D eigenvalue weighted by Gasteiger charge is 2.19. The first kappa shape index (κ1) is 24.5. The first-order valence-corrected chi connectivity index (χ1v) is 12.2. The molecule has 186 valence electrons. The van der Waals surface area contributed by atoms with Crippen LogP contribution < -0.4 is 15.4 Å². The lowest BCUT2D eigenvalue weighted by atomic mass is 10.00. The number of hydrogen-bond acceptors (Lipinski definition) is 5. The van der Waals surface area contributed by atoms with Crippen LogP contribution in [0.4, 0.5) is 16.2 Å². The molecule has 3 aromatic rings. The number of anilines is 2. The number of urea groups is 1. The summed E-state index contributed by atoms with van der Waals surface area (Å²) in [6.45, 7) is 5.58. The van der Waals surface area contributed by atoms with Crippen molar-refractivity contribution >= 4 is 34.3 Å². The summed E-state index contributed by atoms with van der Waals surface area (Å²) in [5.74, 6) is 0.463. The van der Waals surface area contributed by atoms with Gasteiger partial charge in [0, 0.05) is 43.6 Å². The average Bonchev–Trinajstić information content (AvgIpc) is 3.00. The molecule has 0 aliphatic carbocycles. The number of benzene rings is 1. The fourth-order valence-electron chi connectivity index (χ4n) is 4.68. The molecule has 0 bridgehead atoms. The molecule has 9 heteroatoms. The molecule has 35 heavy (non-hydrogen) atoms. The van der Waals surface area contributed by atoms with Gasteiger partial charge in [0.15, 0.2) is 5.65 Å². The van der Waals surface area contributed by atoms with E-state index < -0.39 is 0 Å². The molecule has 0 atom stereocenters. The Kier molecular flexibility index (Phi) is 7.53. The Bertz CT molecular complexity index is 1210. The number of pyridine rings is 1. The zero-order valence-electron chi connectivity index (χ0n) is 21.0. The maximum absolute atomic E-state index is 12.7. The Balaban J connectivity index is 1.35. The molecule has 3 heterocycles. The van der Waals surface area contributed by atoms with Crippen LogP contribution in [-0.2, 0) is 18.3 Å². The Hall–Kier alpha value is -3.62. The van der Waals surface area contributed by atoms with Crippen molar-refractivity contribution in [3.63, 3.8) is 0 Å². The Labute approximate surface area is 205 Å². The van der Waals surface area contributed by atoms with E-state index in [1.807, 2.05) is 37.9 Å². The third-order valence-electron chi connectivity index (χ3n) is 6.63. The molecule has 1 aliphatic rings. The summed E-state index contributed by atoms with van der Waals surface area (Å²) < 4.78 is 7.14. The third-order valence-corrected chi connectivity index (χ3v) is 6.63. The van der Waals surface area contributed by atoms with Gasteiger partial charge in [0.25, 0.3) is 0 Å². The number of ether oxygens (including phenoxy) is 1. The molecule has 0 radical (unpaired) electrons. The third kappa shape index (κ3) is 5.55. The summed E-state index contributed by atoms with van der Waals surface area (Å²) in [7, 11) is 3.44. The van der Waals surface area contributed by atoms with E-state index in [2.05, 4.69) is 20.7 Å². The van der Waals surface area contributed by atoms with Gasteiger partial charge in [0.1, 0.15) is 0 Å². The minimum atomic E-state index is -0.0802. The van der Waals surface area contributed by atoms with Gasteiger partial charge in [0.05, 0.1) is 12.5 Å². The number of carbonyl (C=O) groups excluding carboxylic acids is 2. The van der Waals surface area contributed by atoms with Crippen LogP contribution >= 0.6 is 0 Å². The van der Waals surface area contributed by atoms with E-state index in [0.717, 1.165) is 53.8 Å². The van der Waals surface area contributed by atoms with E-state index in [9.17, 15) is 9.59 Å². The molecular weight excluding hydrogens is 444 g/mol. The van der Waals surface area contributed by atoms with Gasteiger partial charge >= 0.3 is 6.03 Å². The second-order valence-corrected chi connectivity index (χ2v) is 9.09. The van der Waals surface area contributed by atoms with Crippen molar-refractivity contribution in [3.05, 3.63) is 41.1 Å². The first-order valence-electron chi connectivity index (χ1n) is 12.2. The fourth-order valence-corrected chi connectivity index (χ4v) is 4.68. The number of nitrogens with zero attached hydrogens (tertiary/aromatic N) is 4. The Morgan fingerprint density at radius 1 is 1.00 bits per heavy atom. The molecule has 2 N–H and O–H groups in total. The number of likely N-dealkylation sites (tertiary alicyclic amines) is 1. The molecule has 1 aromatic carbocycles. The van der Waals surface area contributed by atoms with Crippen molar-refractivity contribution in [1.29, 1.82) is 0 Å².